The second-order valence-corrected chi connectivity index (χ2v) is 4.75. The van der Waals surface area contributed by atoms with Gasteiger partial charge in [-0.3, -0.25) is 4.79 Å². The van der Waals surface area contributed by atoms with Gasteiger partial charge in [0.15, 0.2) is 6.61 Å². The average Bonchev–Trinajstić information content (AvgIpc) is 2.54. The third kappa shape index (κ3) is 4.94. The van der Waals surface area contributed by atoms with Gasteiger partial charge in [-0.25, -0.2) is 4.79 Å². The van der Waals surface area contributed by atoms with Gasteiger partial charge in [0.1, 0.15) is 11.8 Å². The molecule has 22 heavy (non-hydrogen) atoms. The smallest absolute Gasteiger partial charge is 0.326 e. The number of rotatable bonds is 7. The number of nitrogens with one attached hydrogen (secondary N) is 1. The molecule has 2 aromatic rings. The van der Waals surface area contributed by atoms with Gasteiger partial charge in [-0.2, -0.15) is 0 Å². The number of carbonyl (C=O) groups excluding carboxylic acids is 1. The highest BCUT2D eigenvalue weighted by Crippen LogP contribution is 2.08. The van der Waals surface area contributed by atoms with E-state index in [1.54, 1.807) is 24.3 Å². The van der Waals surface area contributed by atoms with Crippen molar-refractivity contribution < 1.29 is 19.4 Å². The van der Waals surface area contributed by atoms with E-state index in [-0.39, 0.29) is 13.0 Å². The van der Waals surface area contributed by atoms with Gasteiger partial charge in [0, 0.05) is 6.42 Å². The molecule has 1 amide bonds. The molecule has 0 bridgehead atoms. The van der Waals surface area contributed by atoms with Crippen LogP contribution in [0.5, 0.6) is 5.75 Å². The maximum Gasteiger partial charge on any atom is 0.326 e. The minimum Gasteiger partial charge on any atom is -0.484 e. The van der Waals surface area contributed by atoms with Crippen LogP contribution in [0.1, 0.15) is 5.56 Å². The minimum absolute atomic E-state index is 0.220. The number of carbonyl (C=O) groups is 2. The number of hydrogen-bond acceptors (Lipinski definition) is 3. The summed E-state index contributed by atoms with van der Waals surface area (Å²) in [5, 5.41) is 11.7. The fourth-order valence-corrected chi connectivity index (χ4v) is 1.95. The van der Waals surface area contributed by atoms with E-state index in [9.17, 15) is 14.7 Å². The molecule has 2 N–H and O–H groups in total. The Morgan fingerprint density at radius 2 is 1.59 bits per heavy atom. The van der Waals surface area contributed by atoms with Crippen molar-refractivity contribution in [3.63, 3.8) is 0 Å². The minimum atomic E-state index is -1.07. The highest BCUT2D eigenvalue weighted by molar-refractivity contribution is 5.84. The van der Waals surface area contributed by atoms with Crippen LogP contribution in [0.15, 0.2) is 60.7 Å². The molecule has 2 aromatic carbocycles. The normalized spacial score (nSPS) is 11.5. The lowest BCUT2D eigenvalue weighted by Crippen LogP contribution is -2.44. The number of benzene rings is 2. The fourth-order valence-electron chi connectivity index (χ4n) is 1.95. The van der Waals surface area contributed by atoms with E-state index in [0.29, 0.717) is 5.75 Å². The van der Waals surface area contributed by atoms with Gasteiger partial charge in [0.25, 0.3) is 5.91 Å². The Balaban J connectivity index is 1.88. The zero-order chi connectivity index (χ0) is 15.8. The van der Waals surface area contributed by atoms with Crippen LogP contribution in [0.2, 0.25) is 0 Å². The highest BCUT2D eigenvalue weighted by atomic mass is 16.5. The summed E-state index contributed by atoms with van der Waals surface area (Å²) in [4.78, 5) is 23.1. The number of carboxylic acids is 1. The quantitative estimate of drug-likeness (QED) is 0.818. The lowest BCUT2D eigenvalue weighted by molar-refractivity contribution is -0.142. The van der Waals surface area contributed by atoms with Gasteiger partial charge in [0.05, 0.1) is 0 Å². The predicted molar refractivity (Wildman–Crippen MR) is 81.6 cm³/mol. The summed E-state index contributed by atoms with van der Waals surface area (Å²) in [7, 11) is 0. The topological polar surface area (TPSA) is 75.6 Å². The molecule has 0 saturated carbocycles. The lowest BCUT2D eigenvalue weighted by Gasteiger charge is -2.15. The van der Waals surface area contributed by atoms with Crippen molar-refractivity contribution in [2.24, 2.45) is 0 Å². The van der Waals surface area contributed by atoms with E-state index in [0.717, 1.165) is 5.56 Å². The molecule has 0 aliphatic rings. The highest BCUT2D eigenvalue weighted by Gasteiger charge is 2.20. The molecule has 0 fully saturated rings. The zero-order valence-electron chi connectivity index (χ0n) is 11.9. The van der Waals surface area contributed by atoms with Crippen LogP contribution in [0.4, 0.5) is 0 Å². The van der Waals surface area contributed by atoms with Gasteiger partial charge in [-0.1, -0.05) is 48.5 Å². The SMILES string of the molecule is O=C(COc1ccccc1)NC(Cc1ccccc1)C(=O)O. The first-order valence-electron chi connectivity index (χ1n) is 6.89. The molecular formula is C17H17NO4. The largest absolute Gasteiger partial charge is 0.484 e. The Morgan fingerprint density at radius 1 is 1.00 bits per heavy atom. The summed E-state index contributed by atoms with van der Waals surface area (Å²) in [6.45, 7) is -0.220. The third-order valence-corrected chi connectivity index (χ3v) is 3.03. The van der Waals surface area contributed by atoms with Crippen LogP contribution in [0.3, 0.4) is 0 Å². The van der Waals surface area contributed by atoms with Crippen LogP contribution in [-0.4, -0.2) is 29.6 Å². The monoisotopic (exact) mass is 299 g/mol. The van der Waals surface area contributed by atoms with Crippen molar-refractivity contribution in [1.29, 1.82) is 0 Å². The van der Waals surface area contributed by atoms with E-state index in [2.05, 4.69) is 5.32 Å². The molecule has 0 saturated heterocycles. The number of para-hydroxylation sites is 1. The van der Waals surface area contributed by atoms with Crippen molar-refractivity contribution >= 4 is 11.9 Å². The molecule has 1 atom stereocenters. The Labute approximate surface area is 128 Å². The van der Waals surface area contributed by atoms with Crippen molar-refractivity contribution in [3.8, 4) is 5.75 Å². The van der Waals surface area contributed by atoms with Crippen LogP contribution >= 0.6 is 0 Å². The van der Waals surface area contributed by atoms with Crippen molar-refractivity contribution in [1.82, 2.24) is 5.32 Å². The first kappa shape index (κ1) is 15.6. The van der Waals surface area contributed by atoms with E-state index < -0.39 is 17.9 Å². The number of aliphatic carboxylic acids is 1. The summed E-state index contributed by atoms with van der Waals surface area (Å²) in [6.07, 6.45) is 0.229. The van der Waals surface area contributed by atoms with Gasteiger partial charge < -0.3 is 15.2 Å². The Kier molecular flexibility index (Phi) is 5.54. The van der Waals surface area contributed by atoms with Crippen molar-refractivity contribution in [3.05, 3.63) is 66.2 Å². The number of amides is 1. The Hall–Kier alpha value is -2.82. The average molecular weight is 299 g/mol. The Morgan fingerprint density at radius 3 is 2.18 bits per heavy atom. The van der Waals surface area contributed by atoms with Crippen molar-refractivity contribution in [2.75, 3.05) is 6.61 Å². The van der Waals surface area contributed by atoms with E-state index in [4.69, 9.17) is 4.74 Å². The summed E-state index contributed by atoms with van der Waals surface area (Å²) < 4.78 is 5.29. The third-order valence-electron chi connectivity index (χ3n) is 3.03. The first-order valence-corrected chi connectivity index (χ1v) is 6.89. The van der Waals surface area contributed by atoms with Crippen molar-refractivity contribution in [2.45, 2.75) is 12.5 Å². The lowest BCUT2D eigenvalue weighted by atomic mass is 10.1. The second kappa shape index (κ2) is 7.83. The first-order chi connectivity index (χ1) is 10.6. The standard InChI is InChI=1S/C17H17NO4/c19-16(12-22-14-9-5-2-6-10-14)18-15(17(20)21)11-13-7-3-1-4-8-13/h1-10,15H,11-12H2,(H,18,19)(H,20,21). The maximum atomic E-state index is 11.8. The molecule has 5 heteroatoms. The summed E-state index contributed by atoms with van der Waals surface area (Å²) in [6, 6.07) is 17.1. The number of hydrogen-bond donors (Lipinski definition) is 2. The molecule has 1 unspecified atom stereocenters. The van der Waals surface area contributed by atoms with Gasteiger partial charge in [-0.15, -0.1) is 0 Å². The second-order valence-electron chi connectivity index (χ2n) is 4.75. The molecule has 0 spiro atoms. The molecule has 2 rings (SSSR count). The molecular weight excluding hydrogens is 282 g/mol. The summed E-state index contributed by atoms with van der Waals surface area (Å²) in [5.41, 5.74) is 0.846. The molecule has 5 nitrogen and oxygen atoms in total. The molecule has 0 radical (unpaired) electrons. The van der Waals surface area contributed by atoms with Gasteiger partial charge >= 0.3 is 5.97 Å². The van der Waals surface area contributed by atoms with Gasteiger partial charge in [0.2, 0.25) is 0 Å². The molecule has 0 aliphatic heterocycles. The summed E-state index contributed by atoms with van der Waals surface area (Å²) in [5.74, 6) is -0.975. The maximum absolute atomic E-state index is 11.8. The van der Waals surface area contributed by atoms with E-state index in [1.807, 2.05) is 36.4 Å². The molecule has 0 heterocycles. The van der Waals surface area contributed by atoms with Crippen LogP contribution in [0.25, 0.3) is 0 Å². The van der Waals surface area contributed by atoms with Crippen LogP contribution in [0, 0.1) is 0 Å². The number of ether oxygens (including phenoxy) is 1. The molecule has 0 aromatic heterocycles. The molecule has 0 aliphatic carbocycles. The fraction of sp³-hybridized carbons (Fsp3) is 0.176. The zero-order valence-corrected chi connectivity index (χ0v) is 11.9. The van der Waals surface area contributed by atoms with E-state index in [1.165, 1.54) is 0 Å². The van der Waals surface area contributed by atoms with Gasteiger partial charge in [-0.05, 0) is 17.7 Å². The number of carboxylic acid groups (broad SMARTS) is 1. The van der Waals surface area contributed by atoms with E-state index >= 15 is 0 Å². The Bertz CT molecular complexity index is 613. The molecule has 114 valence electrons. The predicted octanol–water partition coefficient (Wildman–Crippen LogP) is 1.88. The summed E-state index contributed by atoms with van der Waals surface area (Å²) >= 11 is 0. The van der Waals surface area contributed by atoms with Crippen LogP contribution < -0.4 is 10.1 Å². The van der Waals surface area contributed by atoms with Crippen LogP contribution in [-0.2, 0) is 16.0 Å².